The third-order valence-electron chi connectivity index (χ3n) is 11.6. The molecule has 4 aromatic rings. The fraction of sp³-hybridized carbons (Fsp3) is 0.431. The fourth-order valence-corrected chi connectivity index (χ4v) is 9.07. The Hall–Kier alpha value is -2.31. The number of hydrogen-bond donors (Lipinski definition) is 0. The minimum atomic E-state index is 0. The van der Waals surface area contributed by atoms with E-state index in [1.165, 1.54) is 136 Å². The van der Waals surface area contributed by atoms with E-state index >= 15 is 0 Å². The first-order valence-corrected chi connectivity index (χ1v) is 21.4. The summed E-state index contributed by atoms with van der Waals surface area (Å²) in [6.45, 7) is 13.6. The van der Waals surface area contributed by atoms with Crippen molar-refractivity contribution >= 4 is 3.21 Å². The molecule has 0 heterocycles. The van der Waals surface area contributed by atoms with Crippen molar-refractivity contribution in [2.75, 3.05) is 0 Å². The van der Waals surface area contributed by atoms with Crippen LogP contribution in [-0.4, -0.2) is 3.21 Å². The van der Waals surface area contributed by atoms with Crippen LogP contribution in [0.1, 0.15) is 169 Å². The van der Waals surface area contributed by atoms with Gasteiger partial charge in [-0.25, -0.2) is 12.2 Å². The quantitative estimate of drug-likeness (QED) is 0.162. The first kappa shape index (κ1) is 44.4. The van der Waals surface area contributed by atoms with E-state index in [9.17, 15) is 0 Å². The van der Waals surface area contributed by atoms with Crippen LogP contribution in [0, 0.1) is 12.1 Å². The molecule has 0 unspecified atom stereocenters. The van der Waals surface area contributed by atoms with Crippen LogP contribution in [0.4, 0.5) is 0 Å². The van der Waals surface area contributed by atoms with Crippen molar-refractivity contribution < 1.29 is 49.0 Å². The van der Waals surface area contributed by atoms with Crippen molar-refractivity contribution in [3.05, 3.63) is 154 Å². The van der Waals surface area contributed by atoms with E-state index in [1.54, 1.807) is 11.1 Å². The van der Waals surface area contributed by atoms with E-state index in [2.05, 4.69) is 139 Å². The molecule has 54 heavy (non-hydrogen) atoms. The monoisotopic (exact) mass is 832 g/mol. The average molecular weight is 835 g/mol. The second-order valence-corrected chi connectivity index (χ2v) is 18.8. The normalized spacial score (nSPS) is 16.4. The van der Waals surface area contributed by atoms with Crippen LogP contribution in [0.3, 0.4) is 0 Å². The second-order valence-electron chi connectivity index (χ2n) is 17.6. The number of fused-ring (bicyclic) bond motifs is 3. The standard InChI is InChI=1S/C25H30.C21H25.C5H5.2ClH.Zr/c1-3-7-22(8-4-1)24-15-11-20(12-16-24)19-21-13-17-25(18-14-21)23-9-5-2-6-10-23;1-20(2,3)16-7-9-18-14(12-16)11-15-13-17(21(4,5)6)8-10-19(15)18;1-2-4-5-3-1;;;/h11-18,22-23H,1-10H2;7-10,12H,11H2,1-6H3;1-3H,4H2;2*1H;/q;2*-1;;;+2/p-2. The molecule has 0 aliphatic heterocycles. The molecule has 8 rings (SSSR count). The van der Waals surface area contributed by atoms with E-state index in [4.69, 9.17) is 0 Å². The van der Waals surface area contributed by atoms with Gasteiger partial charge in [0.25, 0.3) is 0 Å². The van der Waals surface area contributed by atoms with E-state index in [-0.39, 0.29) is 35.6 Å². The fourth-order valence-electron chi connectivity index (χ4n) is 8.25. The Kier molecular flexibility index (Phi) is 16.6. The Morgan fingerprint density at radius 2 is 1.13 bits per heavy atom. The summed E-state index contributed by atoms with van der Waals surface area (Å²) in [6.07, 6.45) is 25.1. The van der Waals surface area contributed by atoms with Crippen LogP contribution in [0.2, 0.25) is 0 Å². The molecule has 0 bridgehead atoms. The first-order valence-electron chi connectivity index (χ1n) is 20.2. The van der Waals surface area contributed by atoms with Gasteiger partial charge in [-0.1, -0.05) is 65.3 Å². The maximum absolute atomic E-state index is 3.67. The summed E-state index contributed by atoms with van der Waals surface area (Å²) >= 11 is 1.51. The molecule has 4 aromatic carbocycles. The van der Waals surface area contributed by atoms with Gasteiger partial charge >= 0.3 is 174 Å². The predicted molar refractivity (Wildman–Crippen MR) is 220 cm³/mol. The molecule has 0 saturated heterocycles. The van der Waals surface area contributed by atoms with Gasteiger partial charge in [-0.3, -0.25) is 6.08 Å². The molecule has 0 N–H and O–H groups in total. The summed E-state index contributed by atoms with van der Waals surface area (Å²) in [4.78, 5) is 0. The van der Waals surface area contributed by atoms with Gasteiger partial charge in [-0.2, -0.15) is 29.8 Å². The summed E-state index contributed by atoms with van der Waals surface area (Å²) in [5, 5.41) is 0. The third kappa shape index (κ3) is 11.6. The Bertz CT molecular complexity index is 1720. The van der Waals surface area contributed by atoms with Gasteiger partial charge < -0.3 is 24.8 Å². The molecule has 4 aliphatic carbocycles. The maximum atomic E-state index is 3.67. The number of hydrogen-bond acceptors (Lipinski definition) is 0. The van der Waals surface area contributed by atoms with Gasteiger partial charge in [0.2, 0.25) is 0 Å². The van der Waals surface area contributed by atoms with Gasteiger partial charge in [0.1, 0.15) is 0 Å². The van der Waals surface area contributed by atoms with E-state index in [0.717, 1.165) is 24.7 Å². The van der Waals surface area contributed by atoms with E-state index < -0.39 is 0 Å². The van der Waals surface area contributed by atoms with Gasteiger partial charge in [0.05, 0.1) is 0 Å². The molecule has 2 saturated carbocycles. The van der Waals surface area contributed by atoms with Gasteiger partial charge in [-0.05, 0) is 28.4 Å². The molecular weight excluding hydrogens is 775 g/mol. The molecule has 4 aliphatic rings. The van der Waals surface area contributed by atoms with Crippen LogP contribution in [0.25, 0.3) is 11.1 Å². The van der Waals surface area contributed by atoms with Crippen molar-refractivity contribution in [2.45, 2.75) is 141 Å². The summed E-state index contributed by atoms with van der Waals surface area (Å²) < 4.78 is 1.49. The van der Waals surface area contributed by atoms with Crippen molar-refractivity contribution in [3.63, 3.8) is 0 Å². The number of allylic oxidation sites excluding steroid dienone is 4. The predicted octanol–water partition coefficient (Wildman–Crippen LogP) is 7.86. The number of benzene rings is 4. The molecule has 3 heteroatoms. The Balaban J connectivity index is 0.000000209. The second kappa shape index (κ2) is 20.2. The van der Waals surface area contributed by atoms with E-state index in [1.807, 2.05) is 12.2 Å². The molecule has 0 spiro atoms. The van der Waals surface area contributed by atoms with Crippen LogP contribution in [0.5, 0.6) is 0 Å². The zero-order chi connectivity index (χ0) is 36.7. The summed E-state index contributed by atoms with van der Waals surface area (Å²) in [7, 11) is 0. The molecule has 284 valence electrons. The zero-order valence-corrected chi connectivity index (χ0v) is 37.6. The third-order valence-corrected chi connectivity index (χ3v) is 13.0. The van der Waals surface area contributed by atoms with Crippen LogP contribution in [0.15, 0.2) is 97.1 Å². The van der Waals surface area contributed by atoms with Crippen LogP contribution >= 0.6 is 0 Å². The van der Waals surface area contributed by atoms with Gasteiger partial charge in [0, 0.05) is 0 Å². The van der Waals surface area contributed by atoms with Crippen molar-refractivity contribution in [1.29, 1.82) is 0 Å². The van der Waals surface area contributed by atoms with Crippen molar-refractivity contribution in [3.8, 4) is 11.1 Å². The molecule has 2 fully saturated rings. The topological polar surface area (TPSA) is 0 Å². The van der Waals surface area contributed by atoms with Gasteiger partial charge in [0.15, 0.2) is 0 Å². The summed E-state index contributed by atoms with van der Waals surface area (Å²) in [6, 6.07) is 34.2. The molecule has 0 radical (unpaired) electrons. The molecule has 0 aromatic heterocycles. The molecule has 0 amide bonds. The molecule has 0 nitrogen and oxygen atoms in total. The Morgan fingerprint density at radius 3 is 1.56 bits per heavy atom. The van der Waals surface area contributed by atoms with Crippen molar-refractivity contribution in [1.82, 2.24) is 0 Å². The number of rotatable bonds is 4. The molecular formula is C51H60Cl2Zr-2. The van der Waals surface area contributed by atoms with Crippen LogP contribution < -0.4 is 24.8 Å². The van der Waals surface area contributed by atoms with E-state index in [0.29, 0.717) is 0 Å². The average Bonchev–Trinajstić information content (AvgIpc) is 3.87. The summed E-state index contributed by atoms with van der Waals surface area (Å²) in [5.74, 6) is 1.61. The SMILES string of the molecule is CC(C)(C)c1[c-]c2c(cc1)-c1ccc(C(C)(C)C)cc1C2.[C-]1=CC=CC1.[Cl-].[Cl-].[Zr+2]=[C](c1ccc(C2CCCCC2)cc1)c1ccc(C2CCCCC2)cc1. The minimum absolute atomic E-state index is 0. The molecule has 0 atom stereocenters. The summed E-state index contributed by atoms with van der Waals surface area (Å²) in [5.41, 5.74) is 14.6. The number of halogens is 2. The van der Waals surface area contributed by atoms with Gasteiger partial charge in [-0.15, -0.1) is 17.5 Å². The van der Waals surface area contributed by atoms with Crippen LogP contribution in [-0.2, 0) is 41.5 Å². The first-order chi connectivity index (χ1) is 25.0. The zero-order valence-electron chi connectivity index (χ0n) is 33.6. The Labute approximate surface area is 355 Å². The van der Waals surface area contributed by atoms with Crippen molar-refractivity contribution in [2.24, 2.45) is 0 Å². The Morgan fingerprint density at radius 1 is 0.611 bits per heavy atom.